The van der Waals surface area contributed by atoms with Crippen LogP contribution in [0.5, 0.6) is 5.75 Å². The van der Waals surface area contributed by atoms with E-state index in [0.29, 0.717) is 18.8 Å². The molecule has 0 bridgehead atoms. The van der Waals surface area contributed by atoms with Crippen LogP contribution < -0.4 is 10.1 Å². The third kappa shape index (κ3) is 2.54. The lowest BCUT2D eigenvalue weighted by Crippen LogP contribution is -2.33. The van der Waals surface area contributed by atoms with E-state index in [2.05, 4.69) is 15.4 Å². The van der Waals surface area contributed by atoms with Crippen LogP contribution in [0.15, 0.2) is 64.7 Å². The second-order valence-corrected chi connectivity index (χ2v) is 6.76. The van der Waals surface area contributed by atoms with Gasteiger partial charge in [0.2, 0.25) is 5.95 Å². The molecule has 2 aromatic heterocycles. The van der Waals surface area contributed by atoms with Crippen molar-refractivity contribution in [3.63, 3.8) is 0 Å². The maximum absolute atomic E-state index is 13.1. The molecule has 1 N–H and O–H groups in total. The van der Waals surface area contributed by atoms with E-state index in [0.717, 1.165) is 28.3 Å². The minimum Gasteiger partial charge on any atom is -0.497 e. The van der Waals surface area contributed by atoms with Crippen molar-refractivity contribution in [2.75, 3.05) is 12.4 Å². The SMILES string of the molecule is COc1ccc(C2C3=C(CC(c4ccco4)CC3=O)Nc3ncnn32)cc1. The molecule has 27 heavy (non-hydrogen) atoms. The summed E-state index contributed by atoms with van der Waals surface area (Å²) in [5.74, 6) is 2.39. The van der Waals surface area contributed by atoms with Crippen LogP contribution in [0.25, 0.3) is 0 Å². The highest BCUT2D eigenvalue weighted by Crippen LogP contribution is 2.43. The molecule has 7 nitrogen and oxygen atoms in total. The van der Waals surface area contributed by atoms with Gasteiger partial charge >= 0.3 is 0 Å². The van der Waals surface area contributed by atoms with Gasteiger partial charge in [0.05, 0.1) is 13.4 Å². The highest BCUT2D eigenvalue weighted by Gasteiger charge is 2.39. The fraction of sp³-hybridized carbons (Fsp3) is 0.250. The first-order chi connectivity index (χ1) is 13.2. The molecule has 3 aromatic rings. The van der Waals surface area contributed by atoms with Crippen molar-refractivity contribution in [1.82, 2.24) is 14.8 Å². The minimum absolute atomic E-state index is 0.0322. The van der Waals surface area contributed by atoms with E-state index in [9.17, 15) is 4.79 Å². The number of furan rings is 1. The number of ether oxygens (including phenoxy) is 1. The van der Waals surface area contributed by atoms with Crippen molar-refractivity contribution >= 4 is 11.7 Å². The number of hydrogen-bond acceptors (Lipinski definition) is 6. The van der Waals surface area contributed by atoms with Gasteiger partial charge < -0.3 is 14.5 Å². The fourth-order valence-corrected chi connectivity index (χ4v) is 3.97. The number of fused-ring (bicyclic) bond motifs is 1. The van der Waals surface area contributed by atoms with Crippen LogP contribution >= 0.6 is 0 Å². The number of ketones is 1. The Morgan fingerprint density at radius 1 is 1.22 bits per heavy atom. The Balaban J connectivity index is 1.60. The fourth-order valence-electron chi connectivity index (χ4n) is 3.97. The Hall–Kier alpha value is -3.35. The zero-order valence-electron chi connectivity index (χ0n) is 14.8. The lowest BCUT2D eigenvalue weighted by molar-refractivity contribution is -0.117. The van der Waals surface area contributed by atoms with Gasteiger partial charge in [0.25, 0.3) is 0 Å². The number of allylic oxidation sites excluding steroid dienone is 2. The van der Waals surface area contributed by atoms with E-state index in [4.69, 9.17) is 9.15 Å². The topological polar surface area (TPSA) is 82.2 Å². The smallest absolute Gasteiger partial charge is 0.226 e. The van der Waals surface area contributed by atoms with Gasteiger partial charge in [-0.15, -0.1) is 0 Å². The molecular formula is C20H18N4O3. The first-order valence-electron chi connectivity index (χ1n) is 8.84. The summed E-state index contributed by atoms with van der Waals surface area (Å²) in [7, 11) is 1.63. The van der Waals surface area contributed by atoms with Gasteiger partial charge in [-0.2, -0.15) is 10.1 Å². The molecule has 2 atom stereocenters. The van der Waals surface area contributed by atoms with Crippen LogP contribution in [-0.4, -0.2) is 27.7 Å². The van der Waals surface area contributed by atoms with Gasteiger partial charge in [-0.05, 0) is 36.2 Å². The monoisotopic (exact) mass is 362 g/mol. The van der Waals surface area contributed by atoms with Crippen molar-refractivity contribution in [3.05, 3.63) is 71.6 Å². The zero-order chi connectivity index (χ0) is 18.4. The van der Waals surface area contributed by atoms with Gasteiger partial charge in [-0.3, -0.25) is 4.79 Å². The van der Waals surface area contributed by atoms with Crippen LogP contribution in [0, 0.1) is 0 Å². The zero-order valence-corrected chi connectivity index (χ0v) is 14.8. The Labute approximate surface area is 155 Å². The second kappa shape index (κ2) is 6.12. The first-order valence-corrected chi connectivity index (χ1v) is 8.84. The number of nitrogens with one attached hydrogen (secondary N) is 1. The number of benzene rings is 1. The number of anilines is 1. The van der Waals surface area contributed by atoms with Crippen LogP contribution in [-0.2, 0) is 4.79 Å². The maximum atomic E-state index is 13.1. The summed E-state index contributed by atoms with van der Waals surface area (Å²) in [4.78, 5) is 17.5. The average molecular weight is 362 g/mol. The predicted molar refractivity (Wildman–Crippen MR) is 97.5 cm³/mol. The number of carbonyl (C=O) groups excluding carboxylic acids is 1. The Bertz CT molecular complexity index is 1020. The summed E-state index contributed by atoms with van der Waals surface area (Å²) >= 11 is 0. The lowest BCUT2D eigenvalue weighted by Gasteiger charge is -2.34. The summed E-state index contributed by atoms with van der Waals surface area (Å²) in [6, 6.07) is 11.2. The standard InChI is InChI=1S/C20H18N4O3/c1-26-14-6-4-12(5-7-14)19-18-15(23-20-21-11-22-24(19)20)9-13(10-16(18)25)17-3-2-8-27-17/h2-8,11,13,19H,9-10H2,1H3,(H,21,22,23). The summed E-state index contributed by atoms with van der Waals surface area (Å²) in [5, 5.41) is 7.66. The molecule has 7 heteroatoms. The molecular weight excluding hydrogens is 344 g/mol. The van der Waals surface area contributed by atoms with E-state index in [1.807, 2.05) is 36.4 Å². The maximum Gasteiger partial charge on any atom is 0.226 e. The first kappa shape index (κ1) is 15.9. The summed E-state index contributed by atoms with van der Waals surface area (Å²) in [6.07, 6.45) is 4.28. The molecule has 2 aliphatic rings. The Morgan fingerprint density at radius 3 is 2.81 bits per heavy atom. The van der Waals surface area contributed by atoms with Crippen LogP contribution in [0.1, 0.15) is 36.1 Å². The third-order valence-electron chi connectivity index (χ3n) is 5.24. The van der Waals surface area contributed by atoms with Crippen LogP contribution in [0.3, 0.4) is 0 Å². The Morgan fingerprint density at radius 2 is 2.07 bits per heavy atom. The van der Waals surface area contributed by atoms with Gasteiger partial charge in [-0.1, -0.05) is 12.1 Å². The quantitative estimate of drug-likeness (QED) is 0.770. The minimum atomic E-state index is -0.297. The van der Waals surface area contributed by atoms with Gasteiger partial charge in [0.1, 0.15) is 23.9 Å². The predicted octanol–water partition coefficient (Wildman–Crippen LogP) is 3.30. The van der Waals surface area contributed by atoms with Crippen LogP contribution in [0.2, 0.25) is 0 Å². The molecule has 0 saturated heterocycles. The Kier molecular flexibility index (Phi) is 3.60. The molecule has 1 aliphatic carbocycles. The summed E-state index contributed by atoms with van der Waals surface area (Å²) < 4.78 is 12.6. The van der Waals surface area contributed by atoms with Gasteiger partial charge in [-0.25, -0.2) is 4.68 Å². The van der Waals surface area contributed by atoms with E-state index in [-0.39, 0.29) is 17.7 Å². The lowest BCUT2D eigenvalue weighted by atomic mass is 9.79. The summed E-state index contributed by atoms with van der Waals surface area (Å²) in [5.41, 5.74) is 2.62. The molecule has 2 unspecified atom stereocenters. The molecule has 0 radical (unpaired) electrons. The van der Waals surface area contributed by atoms with Crippen molar-refractivity contribution in [2.45, 2.75) is 24.8 Å². The van der Waals surface area contributed by atoms with Crippen LogP contribution in [0.4, 0.5) is 5.95 Å². The highest BCUT2D eigenvalue weighted by molar-refractivity contribution is 6.00. The van der Waals surface area contributed by atoms with Crippen molar-refractivity contribution in [3.8, 4) is 5.75 Å². The number of aromatic nitrogens is 3. The molecule has 1 aliphatic heterocycles. The number of Topliss-reactive ketones (excluding diaryl/α,β-unsaturated/α-hetero) is 1. The van der Waals surface area contributed by atoms with E-state index in [1.54, 1.807) is 18.1 Å². The molecule has 5 rings (SSSR count). The van der Waals surface area contributed by atoms with E-state index < -0.39 is 0 Å². The highest BCUT2D eigenvalue weighted by atomic mass is 16.5. The summed E-state index contributed by atoms with van der Waals surface area (Å²) in [6.45, 7) is 0. The molecule has 0 saturated carbocycles. The number of methoxy groups -OCH3 is 1. The number of carbonyl (C=O) groups is 1. The molecule has 0 amide bonds. The normalized spacial score (nSPS) is 21.4. The number of hydrogen-bond donors (Lipinski definition) is 1. The molecule has 3 heterocycles. The number of nitrogens with zero attached hydrogens (tertiary/aromatic N) is 3. The number of rotatable bonds is 3. The molecule has 0 fully saturated rings. The molecule has 136 valence electrons. The average Bonchev–Trinajstić information content (AvgIpc) is 3.38. The molecule has 1 aromatic carbocycles. The van der Waals surface area contributed by atoms with Crippen molar-refractivity contribution in [1.29, 1.82) is 0 Å². The molecule has 0 spiro atoms. The van der Waals surface area contributed by atoms with Crippen molar-refractivity contribution < 1.29 is 13.9 Å². The van der Waals surface area contributed by atoms with E-state index in [1.165, 1.54) is 6.33 Å². The largest absolute Gasteiger partial charge is 0.497 e. The second-order valence-electron chi connectivity index (χ2n) is 6.76. The van der Waals surface area contributed by atoms with Crippen molar-refractivity contribution in [2.24, 2.45) is 0 Å². The van der Waals surface area contributed by atoms with E-state index >= 15 is 0 Å². The van der Waals surface area contributed by atoms with Gasteiger partial charge in [0.15, 0.2) is 5.78 Å². The van der Waals surface area contributed by atoms with Gasteiger partial charge in [0, 0.05) is 23.6 Å². The third-order valence-corrected chi connectivity index (χ3v) is 5.24.